The van der Waals surface area contributed by atoms with E-state index >= 15 is 0 Å². The molecule has 0 amide bonds. The van der Waals surface area contributed by atoms with E-state index in [1.165, 1.54) is 12.8 Å². The van der Waals surface area contributed by atoms with E-state index in [9.17, 15) is 15.0 Å². The lowest BCUT2D eigenvalue weighted by Crippen LogP contribution is -2.57. The molecule has 0 spiro atoms. The molecule has 2 fully saturated rings. The molecule has 5 rings (SSSR count). The van der Waals surface area contributed by atoms with E-state index in [0.717, 1.165) is 50.5 Å². The van der Waals surface area contributed by atoms with Gasteiger partial charge in [0.1, 0.15) is 6.10 Å². The number of cyclic esters (lactones) is 1. The Morgan fingerprint density at radius 2 is 1.79 bits per heavy atom. The quantitative estimate of drug-likeness (QED) is 0.394. The number of carbonyl (C=O) groups excluding carboxylic acids is 1. The number of aliphatic hydroxyl groups is 2. The number of ether oxygens (including phenoxy) is 1. The molecule has 1 heterocycles. The minimum absolute atomic E-state index is 0.0177. The predicted octanol–water partition coefficient (Wildman–Crippen LogP) is 5.97. The van der Waals surface area contributed by atoms with Crippen molar-refractivity contribution in [1.29, 1.82) is 0 Å². The van der Waals surface area contributed by atoms with E-state index in [0.29, 0.717) is 17.8 Å². The molecule has 4 nitrogen and oxygen atoms in total. The van der Waals surface area contributed by atoms with Gasteiger partial charge in [-0.3, -0.25) is 0 Å². The summed E-state index contributed by atoms with van der Waals surface area (Å²) < 4.78 is 5.90. The summed E-state index contributed by atoms with van der Waals surface area (Å²) in [6.07, 6.45) is 11.0. The molecular formula is C30H46O4. The van der Waals surface area contributed by atoms with Crippen molar-refractivity contribution in [3.63, 3.8) is 0 Å². The van der Waals surface area contributed by atoms with Crippen LogP contribution in [0.4, 0.5) is 0 Å². The smallest absolute Gasteiger partial charge is 0.333 e. The summed E-state index contributed by atoms with van der Waals surface area (Å²) in [7, 11) is 0. The highest BCUT2D eigenvalue weighted by molar-refractivity contribution is 5.88. The highest BCUT2D eigenvalue weighted by atomic mass is 16.5. The van der Waals surface area contributed by atoms with Gasteiger partial charge in [0, 0.05) is 17.4 Å². The van der Waals surface area contributed by atoms with Gasteiger partial charge in [0.05, 0.1) is 12.7 Å². The Hall–Kier alpha value is -1.13. The Balaban J connectivity index is 1.50. The number of aliphatic hydroxyl groups excluding tert-OH is 2. The van der Waals surface area contributed by atoms with Crippen LogP contribution in [-0.4, -0.2) is 35.0 Å². The van der Waals surface area contributed by atoms with Crippen LogP contribution in [0.15, 0.2) is 22.8 Å². The topological polar surface area (TPSA) is 66.8 Å². The van der Waals surface area contributed by atoms with Crippen molar-refractivity contribution in [3.8, 4) is 0 Å². The first-order chi connectivity index (χ1) is 15.9. The van der Waals surface area contributed by atoms with E-state index in [2.05, 4.69) is 40.7 Å². The highest BCUT2D eigenvalue weighted by Gasteiger charge is 2.64. The summed E-state index contributed by atoms with van der Waals surface area (Å²) >= 11 is 0. The Morgan fingerprint density at radius 1 is 1.06 bits per heavy atom. The van der Waals surface area contributed by atoms with Crippen LogP contribution < -0.4 is 0 Å². The number of esters is 1. The molecule has 5 aliphatic rings. The molecule has 2 N–H and O–H groups in total. The third kappa shape index (κ3) is 3.06. The Bertz CT molecular complexity index is 930. The maximum absolute atomic E-state index is 12.3. The van der Waals surface area contributed by atoms with Gasteiger partial charge in [-0.25, -0.2) is 4.79 Å². The van der Waals surface area contributed by atoms with Crippen LogP contribution in [-0.2, 0) is 9.53 Å². The van der Waals surface area contributed by atoms with Gasteiger partial charge >= 0.3 is 5.97 Å². The molecular weight excluding hydrogens is 424 g/mol. The van der Waals surface area contributed by atoms with Crippen LogP contribution in [0.5, 0.6) is 0 Å². The fourth-order valence-electron chi connectivity index (χ4n) is 9.81. The van der Waals surface area contributed by atoms with Crippen molar-refractivity contribution in [2.45, 2.75) is 112 Å². The zero-order valence-corrected chi connectivity index (χ0v) is 22.2. The van der Waals surface area contributed by atoms with Crippen molar-refractivity contribution in [2.24, 2.45) is 39.4 Å². The average Bonchev–Trinajstić information content (AvgIpc) is 3.09. The second-order valence-corrected chi connectivity index (χ2v) is 13.6. The fourth-order valence-corrected chi connectivity index (χ4v) is 9.81. The first-order valence-corrected chi connectivity index (χ1v) is 13.8. The van der Waals surface area contributed by atoms with Crippen molar-refractivity contribution < 1.29 is 19.7 Å². The highest BCUT2D eigenvalue weighted by Crippen LogP contribution is 2.72. The zero-order chi connectivity index (χ0) is 24.7. The van der Waals surface area contributed by atoms with Crippen LogP contribution in [0.25, 0.3) is 0 Å². The average molecular weight is 471 g/mol. The molecule has 0 aromatic carbocycles. The maximum Gasteiger partial charge on any atom is 0.333 e. The van der Waals surface area contributed by atoms with Crippen LogP contribution >= 0.6 is 0 Å². The zero-order valence-electron chi connectivity index (χ0n) is 22.2. The molecule has 190 valence electrons. The molecule has 1 aliphatic heterocycles. The summed E-state index contributed by atoms with van der Waals surface area (Å²) in [4.78, 5) is 12.3. The number of rotatable bonds is 3. The molecule has 0 saturated heterocycles. The van der Waals surface area contributed by atoms with Crippen molar-refractivity contribution in [3.05, 3.63) is 22.8 Å². The van der Waals surface area contributed by atoms with Crippen molar-refractivity contribution >= 4 is 5.97 Å². The number of fused-ring (bicyclic) bond motifs is 4. The van der Waals surface area contributed by atoms with E-state index < -0.39 is 0 Å². The normalized spacial score (nSPS) is 46.7. The van der Waals surface area contributed by atoms with Gasteiger partial charge in [-0.2, -0.15) is 0 Å². The number of hydrogen-bond acceptors (Lipinski definition) is 4. The first kappa shape index (κ1) is 24.6. The minimum Gasteiger partial charge on any atom is -0.458 e. The lowest BCUT2D eigenvalue weighted by atomic mass is 9.43. The van der Waals surface area contributed by atoms with E-state index in [1.807, 2.05) is 6.92 Å². The third-order valence-electron chi connectivity index (χ3n) is 12.3. The SMILES string of the molecule is CC1=CC[C@@H]([C@@H](C)[C@H]2CC[C@@]3(C)C4=C(CC[C@]23C)[C@@]2(CO)CC[C@H](O)C(C)(C)[C@@H]2CC4)OC1=O. The largest absolute Gasteiger partial charge is 0.458 e. The minimum atomic E-state index is -0.281. The van der Waals surface area contributed by atoms with Gasteiger partial charge in [0.2, 0.25) is 0 Å². The van der Waals surface area contributed by atoms with Gasteiger partial charge in [0.25, 0.3) is 0 Å². The third-order valence-corrected chi connectivity index (χ3v) is 12.3. The van der Waals surface area contributed by atoms with Crippen LogP contribution in [0.2, 0.25) is 0 Å². The van der Waals surface area contributed by atoms with Crippen molar-refractivity contribution in [2.75, 3.05) is 6.61 Å². The molecule has 34 heavy (non-hydrogen) atoms. The summed E-state index contributed by atoms with van der Waals surface area (Å²) in [5.74, 6) is 1.07. The van der Waals surface area contributed by atoms with Crippen LogP contribution in [0, 0.1) is 39.4 Å². The van der Waals surface area contributed by atoms with Crippen molar-refractivity contribution in [1.82, 2.24) is 0 Å². The fraction of sp³-hybridized carbons (Fsp3) is 0.833. The summed E-state index contributed by atoms with van der Waals surface area (Å²) in [6.45, 7) is 13.9. The first-order valence-electron chi connectivity index (χ1n) is 13.8. The van der Waals surface area contributed by atoms with Gasteiger partial charge in [-0.15, -0.1) is 0 Å². The molecule has 4 aliphatic carbocycles. The van der Waals surface area contributed by atoms with E-state index in [-0.39, 0.29) is 46.4 Å². The Morgan fingerprint density at radius 3 is 2.47 bits per heavy atom. The lowest BCUT2D eigenvalue weighted by molar-refractivity contribution is -0.151. The second kappa shape index (κ2) is 7.93. The van der Waals surface area contributed by atoms with Gasteiger partial charge in [-0.05, 0) is 92.3 Å². The molecule has 2 saturated carbocycles. The standard InChI is InChI=1S/C30H46O4/c1-18-7-9-23(34-26(18)33)19(2)20-11-14-29(6)21-8-10-24-27(3,4)25(32)13-16-30(24,17-31)22(21)12-15-28(20,29)5/h7,19-20,23-25,31-32H,8-17H2,1-6H3/t19-,20+,23-,24-,25-,28+,29-,30-/m0/s1. The number of allylic oxidation sites excluding steroid dienone is 1. The molecule has 0 aromatic heterocycles. The molecule has 0 aromatic rings. The van der Waals surface area contributed by atoms with Gasteiger partial charge in [0.15, 0.2) is 0 Å². The molecule has 0 bridgehead atoms. The molecule has 0 unspecified atom stereocenters. The molecule has 8 atom stereocenters. The van der Waals surface area contributed by atoms with Crippen LogP contribution in [0.1, 0.15) is 99.3 Å². The second-order valence-electron chi connectivity index (χ2n) is 13.6. The molecule has 0 radical (unpaired) electrons. The Kier molecular flexibility index (Phi) is 5.73. The maximum atomic E-state index is 12.3. The predicted molar refractivity (Wildman–Crippen MR) is 134 cm³/mol. The van der Waals surface area contributed by atoms with E-state index in [4.69, 9.17) is 4.74 Å². The number of carbonyl (C=O) groups is 1. The van der Waals surface area contributed by atoms with Gasteiger partial charge < -0.3 is 14.9 Å². The summed E-state index contributed by atoms with van der Waals surface area (Å²) in [6, 6.07) is 0. The van der Waals surface area contributed by atoms with Gasteiger partial charge in [-0.1, -0.05) is 51.8 Å². The van der Waals surface area contributed by atoms with E-state index in [1.54, 1.807) is 11.1 Å². The lowest BCUT2D eigenvalue weighted by Gasteiger charge is -2.62. The summed E-state index contributed by atoms with van der Waals surface area (Å²) in [5.41, 5.74) is 3.94. The Labute approximate surface area is 206 Å². The van der Waals surface area contributed by atoms with Crippen LogP contribution in [0.3, 0.4) is 0 Å². The molecule has 4 heteroatoms. The number of hydrogen-bond donors (Lipinski definition) is 2. The summed E-state index contributed by atoms with van der Waals surface area (Å²) in [5, 5.41) is 21.8. The monoisotopic (exact) mass is 470 g/mol.